The summed E-state index contributed by atoms with van der Waals surface area (Å²) in [6, 6.07) is 7.12. The molecule has 2 rings (SSSR count). The smallest absolute Gasteiger partial charge is 0.251 e. The number of hydrogen-bond acceptors (Lipinski definition) is 2. The van der Waals surface area contributed by atoms with Crippen LogP contribution in [-0.2, 0) is 0 Å². The van der Waals surface area contributed by atoms with Crippen LogP contribution in [0.5, 0.6) is 0 Å². The van der Waals surface area contributed by atoms with E-state index in [2.05, 4.69) is 5.32 Å². The van der Waals surface area contributed by atoms with Crippen LogP contribution in [-0.4, -0.2) is 12.5 Å². The first kappa shape index (κ1) is 14.8. The second-order valence-corrected chi connectivity index (χ2v) is 4.84. The van der Waals surface area contributed by atoms with Gasteiger partial charge in [0.2, 0.25) is 0 Å². The van der Waals surface area contributed by atoms with E-state index in [0.717, 1.165) is 6.54 Å². The number of nitrogens with two attached hydrogens (primary N) is 1. The van der Waals surface area contributed by atoms with E-state index in [1.807, 2.05) is 6.07 Å². The quantitative estimate of drug-likeness (QED) is 0.828. The Bertz CT molecular complexity index is 389. The van der Waals surface area contributed by atoms with Crippen LogP contribution in [0, 0.1) is 5.92 Å². The Balaban J connectivity index is 0.00000162. The molecule has 1 saturated carbocycles. The second-order valence-electron chi connectivity index (χ2n) is 4.84. The largest absolute Gasteiger partial charge is 0.399 e. The third-order valence-electron chi connectivity index (χ3n) is 3.42. The zero-order chi connectivity index (χ0) is 12.1. The highest BCUT2D eigenvalue weighted by Gasteiger charge is 2.14. The Morgan fingerprint density at radius 1 is 1.28 bits per heavy atom. The van der Waals surface area contributed by atoms with Crippen molar-refractivity contribution in [3.05, 3.63) is 29.8 Å². The molecule has 1 fully saturated rings. The Morgan fingerprint density at radius 3 is 2.67 bits per heavy atom. The summed E-state index contributed by atoms with van der Waals surface area (Å²) >= 11 is 0. The van der Waals surface area contributed by atoms with Gasteiger partial charge in [0.1, 0.15) is 0 Å². The zero-order valence-corrected chi connectivity index (χ0v) is 11.3. The number of anilines is 1. The van der Waals surface area contributed by atoms with Gasteiger partial charge in [-0.15, -0.1) is 12.4 Å². The summed E-state index contributed by atoms with van der Waals surface area (Å²) in [5.74, 6) is 0.650. The summed E-state index contributed by atoms with van der Waals surface area (Å²) in [7, 11) is 0. The molecule has 1 amide bonds. The second kappa shape index (κ2) is 7.27. The lowest BCUT2D eigenvalue weighted by molar-refractivity contribution is 0.0943. The first-order valence-electron chi connectivity index (χ1n) is 6.39. The highest BCUT2D eigenvalue weighted by Crippen LogP contribution is 2.22. The van der Waals surface area contributed by atoms with Crippen LogP contribution in [0.25, 0.3) is 0 Å². The maximum atomic E-state index is 11.9. The molecule has 3 N–H and O–H groups in total. The Hall–Kier alpha value is -1.22. The average molecular weight is 269 g/mol. The molecule has 100 valence electrons. The summed E-state index contributed by atoms with van der Waals surface area (Å²) in [6.45, 7) is 0.799. The van der Waals surface area contributed by atoms with Crippen LogP contribution in [0.1, 0.15) is 42.5 Å². The molecule has 18 heavy (non-hydrogen) atoms. The van der Waals surface area contributed by atoms with Gasteiger partial charge < -0.3 is 11.1 Å². The van der Waals surface area contributed by atoms with E-state index in [0.29, 0.717) is 17.2 Å². The van der Waals surface area contributed by atoms with Gasteiger partial charge in [0.05, 0.1) is 0 Å². The Labute approximate surface area is 115 Å². The summed E-state index contributed by atoms with van der Waals surface area (Å²) in [5.41, 5.74) is 6.94. The molecular weight excluding hydrogens is 248 g/mol. The van der Waals surface area contributed by atoms with Gasteiger partial charge in [-0.2, -0.15) is 0 Å². The fraction of sp³-hybridized carbons (Fsp3) is 0.500. The first-order valence-corrected chi connectivity index (χ1v) is 6.39. The van der Waals surface area contributed by atoms with Crippen LogP contribution in [0.4, 0.5) is 5.69 Å². The minimum Gasteiger partial charge on any atom is -0.399 e. The number of nitrogens with one attached hydrogen (secondary N) is 1. The number of benzene rings is 1. The van der Waals surface area contributed by atoms with Crippen LogP contribution in [0.2, 0.25) is 0 Å². The minimum absolute atomic E-state index is 0. The first-order chi connectivity index (χ1) is 8.25. The maximum Gasteiger partial charge on any atom is 0.251 e. The third-order valence-corrected chi connectivity index (χ3v) is 3.42. The van der Waals surface area contributed by atoms with E-state index >= 15 is 0 Å². The van der Waals surface area contributed by atoms with Crippen molar-refractivity contribution in [2.24, 2.45) is 5.92 Å². The molecule has 0 spiro atoms. The van der Waals surface area contributed by atoms with E-state index < -0.39 is 0 Å². The molecule has 0 unspecified atom stereocenters. The molecule has 0 radical (unpaired) electrons. The normalized spacial score (nSPS) is 15.8. The molecule has 0 saturated heterocycles. The van der Waals surface area contributed by atoms with Crippen molar-refractivity contribution in [3.63, 3.8) is 0 Å². The van der Waals surface area contributed by atoms with Crippen LogP contribution >= 0.6 is 12.4 Å². The summed E-state index contributed by atoms with van der Waals surface area (Å²) in [5, 5.41) is 3.00. The standard InChI is InChI=1S/C14H20N2O.ClH/c15-13-8-4-7-12(9-13)14(17)16-10-11-5-2-1-3-6-11;/h4,7-9,11H,1-3,5-6,10,15H2,(H,16,17);1H. The van der Waals surface area contributed by atoms with Crippen molar-refractivity contribution in [2.45, 2.75) is 32.1 Å². The van der Waals surface area contributed by atoms with Gasteiger partial charge in [-0.25, -0.2) is 0 Å². The molecule has 1 aliphatic carbocycles. The highest BCUT2D eigenvalue weighted by molar-refractivity contribution is 5.94. The van der Waals surface area contributed by atoms with Crippen molar-refractivity contribution in [1.82, 2.24) is 5.32 Å². The van der Waals surface area contributed by atoms with E-state index in [9.17, 15) is 4.79 Å². The number of rotatable bonds is 3. The fourth-order valence-corrected chi connectivity index (χ4v) is 2.41. The zero-order valence-electron chi connectivity index (χ0n) is 10.5. The van der Waals surface area contributed by atoms with Crippen molar-refractivity contribution < 1.29 is 4.79 Å². The van der Waals surface area contributed by atoms with Gasteiger partial charge >= 0.3 is 0 Å². The van der Waals surface area contributed by atoms with Gasteiger partial charge in [0.15, 0.2) is 0 Å². The topological polar surface area (TPSA) is 55.1 Å². The molecule has 0 aliphatic heterocycles. The number of nitrogen functional groups attached to an aromatic ring is 1. The van der Waals surface area contributed by atoms with Gasteiger partial charge in [0, 0.05) is 17.8 Å². The molecule has 0 atom stereocenters. The van der Waals surface area contributed by atoms with Gasteiger partial charge in [-0.3, -0.25) is 4.79 Å². The third kappa shape index (κ3) is 4.22. The SMILES string of the molecule is Cl.Nc1cccc(C(=O)NCC2CCCCC2)c1. The number of carbonyl (C=O) groups is 1. The molecular formula is C14H21ClN2O. The number of halogens is 1. The van der Waals surface area contributed by atoms with Crippen LogP contribution in [0.15, 0.2) is 24.3 Å². The maximum absolute atomic E-state index is 11.9. The van der Waals surface area contributed by atoms with Gasteiger partial charge in [0.25, 0.3) is 5.91 Å². The fourth-order valence-electron chi connectivity index (χ4n) is 2.41. The molecule has 0 heterocycles. The predicted octanol–water partition coefficient (Wildman–Crippen LogP) is 3.00. The lowest BCUT2D eigenvalue weighted by Gasteiger charge is -2.21. The lowest BCUT2D eigenvalue weighted by atomic mass is 9.89. The Kier molecular flexibility index (Phi) is 5.99. The lowest BCUT2D eigenvalue weighted by Crippen LogP contribution is -2.30. The highest BCUT2D eigenvalue weighted by atomic mass is 35.5. The summed E-state index contributed by atoms with van der Waals surface area (Å²) < 4.78 is 0. The van der Waals surface area contributed by atoms with E-state index in [1.165, 1.54) is 32.1 Å². The molecule has 0 aromatic heterocycles. The van der Waals surface area contributed by atoms with Crippen molar-refractivity contribution in [2.75, 3.05) is 12.3 Å². The van der Waals surface area contributed by atoms with Gasteiger partial charge in [-0.1, -0.05) is 25.3 Å². The summed E-state index contributed by atoms with van der Waals surface area (Å²) in [6.07, 6.45) is 6.45. The molecule has 1 aliphatic rings. The van der Waals surface area contributed by atoms with E-state index in [-0.39, 0.29) is 18.3 Å². The van der Waals surface area contributed by atoms with Crippen LogP contribution in [0.3, 0.4) is 0 Å². The number of amides is 1. The van der Waals surface area contributed by atoms with Crippen molar-refractivity contribution in [3.8, 4) is 0 Å². The predicted molar refractivity (Wildman–Crippen MR) is 77.0 cm³/mol. The molecule has 1 aromatic rings. The van der Waals surface area contributed by atoms with E-state index in [1.54, 1.807) is 18.2 Å². The molecule has 4 heteroatoms. The molecule has 3 nitrogen and oxygen atoms in total. The van der Waals surface area contributed by atoms with Gasteiger partial charge in [-0.05, 0) is 37.0 Å². The van der Waals surface area contributed by atoms with E-state index in [4.69, 9.17) is 5.73 Å². The number of carbonyl (C=O) groups excluding carboxylic acids is 1. The monoisotopic (exact) mass is 268 g/mol. The number of hydrogen-bond donors (Lipinski definition) is 2. The average Bonchev–Trinajstić information content (AvgIpc) is 2.37. The molecule has 1 aromatic carbocycles. The van der Waals surface area contributed by atoms with Crippen LogP contribution < -0.4 is 11.1 Å². The van der Waals surface area contributed by atoms with Crippen molar-refractivity contribution >= 4 is 24.0 Å². The summed E-state index contributed by atoms with van der Waals surface area (Å²) in [4.78, 5) is 11.9. The molecule has 0 bridgehead atoms. The van der Waals surface area contributed by atoms with Crippen molar-refractivity contribution in [1.29, 1.82) is 0 Å². The minimum atomic E-state index is -0.0112. The Morgan fingerprint density at radius 2 is 2.00 bits per heavy atom.